The maximum Gasteiger partial charge on any atom is 0.288 e. The Labute approximate surface area is 285 Å². The second-order valence-corrected chi connectivity index (χ2v) is 11.5. The molecule has 0 bridgehead atoms. The van der Waals surface area contributed by atoms with Gasteiger partial charge in [-0.05, 0) is 59.2 Å². The van der Waals surface area contributed by atoms with E-state index in [9.17, 15) is 14.0 Å². The Balaban J connectivity index is 1.08. The third kappa shape index (κ3) is 6.88. The number of amides is 1. The van der Waals surface area contributed by atoms with E-state index in [0.717, 1.165) is 26.8 Å². The number of nitrogen functional groups attached to an aromatic ring is 1. The maximum atomic E-state index is 13.4. The third-order valence-electron chi connectivity index (χ3n) is 8.18. The molecule has 3 aromatic carbocycles. The van der Waals surface area contributed by atoms with Gasteiger partial charge in [-0.1, -0.05) is 30.3 Å². The van der Waals surface area contributed by atoms with E-state index in [1.54, 1.807) is 54.3 Å². The monoisotopic (exact) mass is 677 g/mol. The molecule has 3 aromatic heterocycles. The van der Waals surface area contributed by atoms with Crippen LogP contribution in [0.4, 0.5) is 15.9 Å². The first kappa shape index (κ1) is 32.4. The lowest BCUT2D eigenvalue weighted by Gasteiger charge is -2.23. The molecule has 1 aliphatic heterocycles. The highest BCUT2D eigenvalue weighted by molar-refractivity contribution is 6.04. The highest BCUT2D eigenvalue weighted by Gasteiger charge is 2.19. The lowest BCUT2D eigenvalue weighted by molar-refractivity contribution is -0.101. The smallest absolute Gasteiger partial charge is 0.288 e. The number of ether oxygens (including phenoxy) is 4. The number of halogens is 1. The van der Waals surface area contributed by atoms with Crippen LogP contribution in [0.15, 0.2) is 96.3 Å². The van der Waals surface area contributed by atoms with E-state index in [1.807, 2.05) is 24.3 Å². The first-order valence-electron chi connectivity index (χ1n) is 15.7. The fourth-order valence-corrected chi connectivity index (χ4v) is 5.59. The zero-order valence-corrected chi connectivity index (χ0v) is 26.9. The van der Waals surface area contributed by atoms with Crippen LogP contribution in [0.3, 0.4) is 0 Å². The first-order chi connectivity index (χ1) is 24.4. The molecule has 0 saturated carbocycles. The van der Waals surface area contributed by atoms with E-state index in [1.165, 1.54) is 24.7 Å². The van der Waals surface area contributed by atoms with Crippen molar-refractivity contribution in [3.8, 4) is 33.8 Å². The highest BCUT2D eigenvalue weighted by Crippen LogP contribution is 2.35. The van der Waals surface area contributed by atoms with E-state index >= 15 is 0 Å². The summed E-state index contributed by atoms with van der Waals surface area (Å²) in [6.07, 6.45) is 4.20. The van der Waals surface area contributed by atoms with Crippen molar-refractivity contribution < 1.29 is 28.1 Å². The number of methoxy groups -OCH3 is 1. The molecule has 1 saturated heterocycles. The Morgan fingerprint density at radius 3 is 2.56 bits per heavy atom. The van der Waals surface area contributed by atoms with Gasteiger partial charge in [-0.25, -0.2) is 9.37 Å². The minimum Gasteiger partial charge on any atom is -0.493 e. The summed E-state index contributed by atoms with van der Waals surface area (Å²) in [5.74, 6) is 0.722. The Morgan fingerprint density at radius 2 is 1.80 bits per heavy atom. The van der Waals surface area contributed by atoms with E-state index in [-0.39, 0.29) is 29.8 Å². The number of carbonyl (C=O) groups excluding carboxylic acids is 1. The van der Waals surface area contributed by atoms with Crippen molar-refractivity contribution in [3.63, 3.8) is 0 Å². The van der Waals surface area contributed by atoms with Crippen molar-refractivity contribution in [2.24, 2.45) is 0 Å². The molecule has 0 aliphatic carbocycles. The minimum atomic E-state index is -0.628. The summed E-state index contributed by atoms with van der Waals surface area (Å²) in [5.41, 5.74) is 9.85. The van der Waals surface area contributed by atoms with Crippen LogP contribution in [0.1, 0.15) is 15.9 Å². The number of rotatable bonds is 10. The molecule has 0 spiro atoms. The van der Waals surface area contributed by atoms with Gasteiger partial charge in [0.15, 0.2) is 11.5 Å². The number of hydrogen-bond donors (Lipinski definition) is 2. The SMILES string of the molecule is COc1cc(-c2cnc(N)c(-c3ccc(NC(=O)c4cn(Cc5ccc(F)cc5)c5ncnn5c4=O)cc3)c2)ccc1OC[C@H]1COCCO1. The first-order valence-corrected chi connectivity index (χ1v) is 15.7. The van der Waals surface area contributed by atoms with Gasteiger partial charge in [0.1, 0.15) is 36.2 Å². The molecule has 13 nitrogen and oxygen atoms in total. The fourth-order valence-electron chi connectivity index (χ4n) is 5.59. The Bertz CT molecular complexity index is 2210. The highest BCUT2D eigenvalue weighted by atomic mass is 19.1. The van der Waals surface area contributed by atoms with Crippen LogP contribution in [-0.2, 0) is 16.0 Å². The second kappa shape index (κ2) is 14.2. The van der Waals surface area contributed by atoms with Gasteiger partial charge in [0.2, 0.25) is 5.78 Å². The van der Waals surface area contributed by atoms with Crippen LogP contribution in [0.2, 0.25) is 0 Å². The van der Waals surface area contributed by atoms with E-state index < -0.39 is 11.5 Å². The van der Waals surface area contributed by atoms with Crippen LogP contribution in [-0.4, -0.2) is 69.7 Å². The zero-order valence-electron chi connectivity index (χ0n) is 26.9. The van der Waals surface area contributed by atoms with Crippen LogP contribution < -0.4 is 26.1 Å². The summed E-state index contributed by atoms with van der Waals surface area (Å²) in [5, 5.41) is 6.78. The lowest BCUT2D eigenvalue weighted by atomic mass is 10.0. The largest absolute Gasteiger partial charge is 0.493 e. The van der Waals surface area contributed by atoms with E-state index in [0.29, 0.717) is 55.0 Å². The maximum absolute atomic E-state index is 13.4. The van der Waals surface area contributed by atoms with Crippen LogP contribution >= 0.6 is 0 Å². The summed E-state index contributed by atoms with van der Waals surface area (Å²) in [4.78, 5) is 35.1. The number of benzene rings is 3. The number of nitrogens with one attached hydrogen (secondary N) is 1. The number of fused-ring (bicyclic) bond motifs is 1. The van der Waals surface area contributed by atoms with Gasteiger partial charge in [0.05, 0.1) is 33.5 Å². The Kier molecular flexibility index (Phi) is 9.18. The predicted octanol–water partition coefficient (Wildman–Crippen LogP) is 4.44. The topological polar surface area (TPSA) is 157 Å². The predicted molar refractivity (Wildman–Crippen MR) is 183 cm³/mol. The molecule has 4 heterocycles. The van der Waals surface area contributed by atoms with Crippen molar-refractivity contribution in [2.45, 2.75) is 12.6 Å². The number of carbonyl (C=O) groups is 1. The average molecular weight is 678 g/mol. The number of hydrogen-bond acceptors (Lipinski definition) is 10. The number of nitrogens with two attached hydrogens (primary N) is 1. The molecule has 0 unspecified atom stereocenters. The minimum absolute atomic E-state index is 0.140. The molecule has 50 heavy (non-hydrogen) atoms. The van der Waals surface area contributed by atoms with Gasteiger partial charge < -0.3 is 34.6 Å². The Hall–Kier alpha value is -6.12. The molecule has 0 radical (unpaired) electrons. The molecule has 254 valence electrons. The molecule has 14 heteroatoms. The standard InChI is InChI=1S/C36H32FN7O6/c1-47-32-15-24(6-11-31(32)50-20-28-19-48-12-13-49-28)25-14-29(33(38)39-16-25)23-4-9-27(10-5-23)42-34(45)30-18-43(17-22-2-7-26(37)8-3-22)36-40-21-41-44(36)35(30)46/h2-11,14-16,18,21,28H,12-13,17,19-20H2,1H3,(H2,38,39)(H,42,45)/t28-/m1/s1. The van der Waals surface area contributed by atoms with Crippen LogP contribution in [0.5, 0.6) is 11.5 Å². The number of aromatic nitrogens is 5. The van der Waals surface area contributed by atoms with Gasteiger partial charge in [-0.15, -0.1) is 0 Å². The molecular formula is C36H32FN7O6. The normalized spacial score (nSPS) is 14.4. The summed E-state index contributed by atoms with van der Waals surface area (Å²) >= 11 is 0. The lowest BCUT2D eigenvalue weighted by Crippen LogP contribution is -2.33. The zero-order chi connectivity index (χ0) is 34.6. The van der Waals surface area contributed by atoms with Gasteiger partial charge in [0.25, 0.3) is 11.5 Å². The average Bonchev–Trinajstić information content (AvgIpc) is 3.65. The summed E-state index contributed by atoms with van der Waals surface area (Å²) in [6.45, 7) is 2.18. The molecule has 6 aromatic rings. The fraction of sp³-hybridized carbons (Fsp3) is 0.194. The molecule has 1 amide bonds. The summed E-state index contributed by atoms with van der Waals surface area (Å²) in [6, 6.07) is 20.5. The van der Waals surface area contributed by atoms with Gasteiger partial charge in [0, 0.05) is 29.2 Å². The number of pyridine rings is 1. The number of anilines is 2. The van der Waals surface area contributed by atoms with Crippen molar-refractivity contribution in [1.29, 1.82) is 0 Å². The molecule has 3 N–H and O–H groups in total. The summed E-state index contributed by atoms with van der Waals surface area (Å²) < 4.78 is 38.8. The van der Waals surface area contributed by atoms with Gasteiger partial charge >= 0.3 is 0 Å². The van der Waals surface area contributed by atoms with Crippen molar-refractivity contribution in [2.75, 3.05) is 44.6 Å². The second-order valence-electron chi connectivity index (χ2n) is 11.5. The number of nitrogens with zero attached hydrogens (tertiary/aromatic N) is 5. The van der Waals surface area contributed by atoms with Gasteiger partial charge in [-0.2, -0.15) is 14.6 Å². The van der Waals surface area contributed by atoms with E-state index in [2.05, 4.69) is 20.4 Å². The van der Waals surface area contributed by atoms with Crippen molar-refractivity contribution in [3.05, 3.63) is 119 Å². The molecule has 7 rings (SSSR count). The summed E-state index contributed by atoms with van der Waals surface area (Å²) in [7, 11) is 1.58. The van der Waals surface area contributed by atoms with Crippen LogP contribution in [0, 0.1) is 5.82 Å². The third-order valence-corrected chi connectivity index (χ3v) is 8.18. The van der Waals surface area contributed by atoms with Crippen LogP contribution in [0.25, 0.3) is 28.0 Å². The molecule has 1 aliphatic rings. The van der Waals surface area contributed by atoms with Crippen molar-refractivity contribution in [1.82, 2.24) is 24.1 Å². The van der Waals surface area contributed by atoms with E-state index in [4.69, 9.17) is 24.7 Å². The van der Waals surface area contributed by atoms with Gasteiger partial charge in [-0.3, -0.25) is 9.59 Å². The quantitative estimate of drug-likeness (QED) is 0.212. The Morgan fingerprint density at radius 1 is 1.00 bits per heavy atom. The molecule has 1 atom stereocenters. The molecular weight excluding hydrogens is 645 g/mol. The van der Waals surface area contributed by atoms with Crippen molar-refractivity contribution >= 4 is 23.2 Å². The molecule has 1 fully saturated rings.